The Labute approximate surface area is 175 Å². The van der Waals surface area contributed by atoms with E-state index in [2.05, 4.69) is 14.8 Å². The highest BCUT2D eigenvalue weighted by atomic mass is 35.5. The van der Waals surface area contributed by atoms with Crippen LogP contribution in [0.25, 0.3) is 16.2 Å². The molecule has 6 nitrogen and oxygen atoms in total. The Morgan fingerprint density at radius 2 is 1.89 bits per heavy atom. The molecule has 144 valence electrons. The second-order valence-corrected chi connectivity index (χ2v) is 9.58. The molecule has 0 atom stereocenters. The number of thiazole rings is 1. The molecule has 0 aliphatic rings. The number of sulfonamides is 1. The molecule has 2 aromatic carbocycles. The smallest absolute Gasteiger partial charge is 0.246 e. The molecule has 1 N–H and O–H groups in total. The summed E-state index contributed by atoms with van der Waals surface area (Å²) in [7, 11) is -3.81. The van der Waals surface area contributed by atoms with Gasteiger partial charge >= 0.3 is 0 Å². The molecule has 0 aliphatic heterocycles. The van der Waals surface area contributed by atoms with E-state index in [9.17, 15) is 8.42 Å². The predicted octanol–water partition coefficient (Wildman–Crippen LogP) is 5.18. The molecule has 2 heterocycles. The first kappa shape index (κ1) is 19.2. The molecule has 0 saturated carbocycles. The van der Waals surface area contributed by atoms with Gasteiger partial charge in [-0.25, -0.2) is 17.7 Å². The minimum atomic E-state index is -3.81. The van der Waals surface area contributed by atoms with Crippen molar-refractivity contribution in [3.63, 3.8) is 0 Å². The molecule has 2 aromatic heterocycles. The molecule has 0 radical (unpaired) electrons. The molecule has 10 heteroatoms. The molecular formula is C18H14Cl2N4O2S2. The van der Waals surface area contributed by atoms with Crippen LogP contribution in [0.3, 0.4) is 0 Å². The number of anilines is 1. The minimum Gasteiger partial charge on any atom is -0.246 e. The number of aromatic nitrogens is 3. The Balaban J connectivity index is 1.73. The summed E-state index contributed by atoms with van der Waals surface area (Å²) in [6, 6.07) is 10.3. The van der Waals surface area contributed by atoms with Gasteiger partial charge in [-0.1, -0.05) is 40.9 Å². The summed E-state index contributed by atoms with van der Waals surface area (Å²) >= 11 is 13.7. The maximum absolute atomic E-state index is 12.8. The average molecular weight is 453 g/mol. The summed E-state index contributed by atoms with van der Waals surface area (Å²) in [6.45, 7) is 3.66. The predicted molar refractivity (Wildman–Crippen MR) is 113 cm³/mol. The number of halogens is 2. The Morgan fingerprint density at radius 3 is 2.64 bits per heavy atom. The molecule has 4 rings (SSSR count). The zero-order valence-electron chi connectivity index (χ0n) is 14.8. The van der Waals surface area contributed by atoms with E-state index < -0.39 is 10.0 Å². The van der Waals surface area contributed by atoms with Gasteiger partial charge in [-0.3, -0.25) is 0 Å². The largest absolute Gasteiger partial charge is 0.264 e. The number of fused-ring (bicyclic) bond motifs is 1. The highest BCUT2D eigenvalue weighted by molar-refractivity contribution is 7.92. The van der Waals surface area contributed by atoms with Gasteiger partial charge in [-0.15, -0.1) is 16.4 Å². The second-order valence-electron chi connectivity index (χ2n) is 6.25. The fourth-order valence-corrected chi connectivity index (χ4v) is 5.26. The van der Waals surface area contributed by atoms with Crippen LogP contribution in [0.2, 0.25) is 10.0 Å². The monoisotopic (exact) mass is 452 g/mol. The van der Waals surface area contributed by atoms with Crippen LogP contribution in [0.4, 0.5) is 5.95 Å². The van der Waals surface area contributed by atoms with Crippen molar-refractivity contribution in [3.8, 4) is 11.3 Å². The van der Waals surface area contributed by atoms with Gasteiger partial charge in [0.25, 0.3) is 16.0 Å². The third kappa shape index (κ3) is 3.48. The van der Waals surface area contributed by atoms with Gasteiger partial charge in [0, 0.05) is 16.0 Å². The maximum atomic E-state index is 12.8. The molecule has 0 fully saturated rings. The molecule has 0 spiro atoms. The minimum absolute atomic E-state index is 0.00812. The third-order valence-corrected chi connectivity index (χ3v) is 7.00. The fraction of sp³-hybridized carbons (Fsp3) is 0.111. The van der Waals surface area contributed by atoms with Crippen LogP contribution in [0.5, 0.6) is 0 Å². The lowest BCUT2D eigenvalue weighted by atomic mass is 10.2. The van der Waals surface area contributed by atoms with Crippen molar-refractivity contribution < 1.29 is 8.42 Å². The van der Waals surface area contributed by atoms with Crippen molar-refractivity contribution in [2.75, 3.05) is 4.72 Å². The molecule has 4 aromatic rings. The zero-order chi connectivity index (χ0) is 20.1. The lowest BCUT2D eigenvalue weighted by Gasteiger charge is -2.08. The van der Waals surface area contributed by atoms with Crippen molar-refractivity contribution in [1.29, 1.82) is 0 Å². The topological polar surface area (TPSA) is 76.4 Å². The standard InChI is InChI=1S/C18H14Cl2N4O2S2/c1-10-3-6-16(11(2)7-10)28(25,26)23-17-21-18-24(22-17)15(9-27-18)13-8-12(19)4-5-14(13)20/h3-9H,1-2H3,(H,22,23). The summed E-state index contributed by atoms with van der Waals surface area (Å²) in [5.41, 5.74) is 3.01. The lowest BCUT2D eigenvalue weighted by Crippen LogP contribution is -2.15. The number of hydrogen-bond donors (Lipinski definition) is 1. The molecule has 0 saturated heterocycles. The van der Waals surface area contributed by atoms with E-state index in [0.717, 1.165) is 5.56 Å². The number of aryl methyl sites for hydroxylation is 2. The molecule has 0 aliphatic carbocycles. The van der Waals surface area contributed by atoms with Crippen molar-refractivity contribution in [3.05, 3.63) is 63.0 Å². The normalized spacial score (nSPS) is 11.9. The van der Waals surface area contributed by atoms with Crippen molar-refractivity contribution in [2.45, 2.75) is 18.7 Å². The van der Waals surface area contributed by atoms with Gasteiger partial charge in [0.15, 0.2) is 0 Å². The summed E-state index contributed by atoms with van der Waals surface area (Å²) in [5.74, 6) is -0.00812. The van der Waals surface area contributed by atoms with Gasteiger partial charge < -0.3 is 0 Å². The van der Waals surface area contributed by atoms with E-state index in [-0.39, 0.29) is 10.8 Å². The number of benzene rings is 2. The summed E-state index contributed by atoms with van der Waals surface area (Å²) in [6.07, 6.45) is 0. The quantitative estimate of drug-likeness (QED) is 0.462. The van der Waals surface area contributed by atoms with E-state index in [0.29, 0.717) is 31.8 Å². The average Bonchev–Trinajstić information content (AvgIpc) is 3.16. The third-order valence-electron chi connectivity index (χ3n) is 4.13. The van der Waals surface area contributed by atoms with E-state index in [1.165, 1.54) is 11.3 Å². The number of rotatable bonds is 4. The van der Waals surface area contributed by atoms with Crippen LogP contribution in [-0.4, -0.2) is 23.0 Å². The van der Waals surface area contributed by atoms with Crippen molar-refractivity contribution in [2.24, 2.45) is 0 Å². The van der Waals surface area contributed by atoms with Gasteiger partial charge in [0.1, 0.15) is 0 Å². The SMILES string of the molecule is Cc1ccc(S(=O)(=O)Nc2nc3scc(-c4cc(Cl)ccc4Cl)n3n2)c(C)c1. The first-order valence-electron chi connectivity index (χ1n) is 8.14. The summed E-state index contributed by atoms with van der Waals surface area (Å²) in [5, 5.41) is 7.19. The van der Waals surface area contributed by atoms with E-state index in [1.54, 1.807) is 41.8 Å². The first-order chi connectivity index (χ1) is 13.2. The summed E-state index contributed by atoms with van der Waals surface area (Å²) in [4.78, 5) is 4.99. The number of hydrogen-bond acceptors (Lipinski definition) is 5. The summed E-state index contributed by atoms with van der Waals surface area (Å²) < 4.78 is 29.5. The Kier molecular flexibility index (Phi) is 4.83. The van der Waals surface area contributed by atoms with Crippen LogP contribution in [0, 0.1) is 13.8 Å². The fourth-order valence-electron chi connectivity index (χ4n) is 2.88. The highest BCUT2D eigenvalue weighted by Crippen LogP contribution is 2.33. The number of nitrogens with zero attached hydrogens (tertiary/aromatic N) is 3. The lowest BCUT2D eigenvalue weighted by molar-refractivity contribution is 0.600. The number of nitrogens with one attached hydrogen (secondary N) is 1. The van der Waals surface area contributed by atoms with Gasteiger partial charge in [-0.2, -0.15) is 4.98 Å². The van der Waals surface area contributed by atoms with Gasteiger partial charge in [-0.05, 0) is 43.7 Å². The van der Waals surface area contributed by atoms with Crippen LogP contribution in [0.1, 0.15) is 11.1 Å². The maximum Gasteiger partial charge on any atom is 0.264 e. The van der Waals surface area contributed by atoms with Gasteiger partial charge in [0.05, 0.1) is 15.6 Å². The molecule has 28 heavy (non-hydrogen) atoms. The van der Waals surface area contributed by atoms with Crippen LogP contribution < -0.4 is 4.72 Å². The van der Waals surface area contributed by atoms with Crippen molar-refractivity contribution in [1.82, 2.24) is 14.6 Å². The van der Waals surface area contributed by atoms with E-state index in [1.807, 2.05) is 18.4 Å². The van der Waals surface area contributed by atoms with Crippen molar-refractivity contribution >= 4 is 55.5 Å². The molecular weight excluding hydrogens is 439 g/mol. The van der Waals surface area contributed by atoms with Gasteiger partial charge in [0.2, 0.25) is 4.96 Å². The molecule has 0 unspecified atom stereocenters. The first-order valence-corrected chi connectivity index (χ1v) is 11.3. The van der Waals surface area contributed by atoms with E-state index >= 15 is 0 Å². The molecule has 0 bridgehead atoms. The van der Waals surface area contributed by atoms with Crippen LogP contribution in [0.15, 0.2) is 46.7 Å². The van der Waals surface area contributed by atoms with Crippen LogP contribution in [-0.2, 0) is 10.0 Å². The second kappa shape index (κ2) is 7.04. The highest BCUT2D eigenvalue weighted by Gasteiger charge is 2.21. The zero-order valence-corrected chi connectivity index (χ0v) is 17.9. The van der Waals surface area contributed by atoms with E-state index in [4.69, 9.17) is 23.2 Å². The molecule has 0 amide bonds. The van der Waals surface area contributed by atoms with Crippen LogP contribution >= 0.6 is 34.5 Å². The Bertz CT molecular complexity index is 1310. The Hall–Kier alpha value is -2.13. The Morgan fingerprint density at radius 1 is 1.11 bits per heavy atom.